The van der Waals surface area contributed by atoms with E-state index in [2.05, 4.69) is 24.0 Å². The van der Waals surface area contributed by atoms with Crippen LogP contribution >= 0.6 is 0 Å². The fraction of sp³-hybridized carbons (Fsp3) is 0.250. The third-order valence-electron chi connectivity index (χ3n) is 3.45. The molecule has 0 aliphatic carbocycles. The predicted molar refractivity (Wildman–Crippen MR) is 79.2 cm³/mol. The highest BCUT2D eigenvalue weighted by atomic mass is 16.5. The molecule has 0 aromatic heterocycles. The average Bonchev–Trinajstić information content (AvgIpc) is 2.61. The summed E-state index contributed by atoms with van der Waals surface area (Å²) in [6.45, 7) is 3.82. The maximum Gasteiger partial charge on any atom is 0.142 e. The van der Waals surface area contributed by atoms with Crippen molar-refractivity contribution >= 4 is 17.1 Å². The van der Waals surface area contributed by atoms with Crippen LogP contribution in [0.2, 0.25) is 0 Å². The molecule has 3 heteroatoms. The summed E-state index contributed by atoms with van der Waals surface area (Å²) in [5, 5.41) is 0. The Hall–Kier alpha value is -2.16. The third-order valence-corrected chi connectivity index (χ3v) is 3.45. The lowest BCUT2D eigenvalue weighted by atomic mass is 10.1. The Morgan fingerprint density at radius 2 is 1.95 bits per heavy atom. The number of aryl methyl sites for hydroxylation is 1. The molecule has 19 heavy (non-hydrogen) atoms. The second kappa shape index (κ2) is 4.84. The summed E-state index contributed by atoms with van der Waals surface area (Å²) in [5.41, 5.74) is 10.2. The van der Waals surface area contributed by atoms with Gasteiger partial charge in [0.25, 0.3) is 0 Å². The monoisotopic (exact) mass is 254 g/mol. The van der Waals surface area contributed by atoms with E-state index in [1.165, 1.54) is 11.3 Å². The first kappa shape index (κ1) is 11.9. The molecule has 1 heterocycles. The number of hydrogen-bond donors (Lipinski definition) is 1. The summed E-state index contributed by atoms with van der Waals surface area (Å²) < 4.78 is 5.80. The van der Waals surface area contributed by atoms with E-state index in [1.807, 2.05) is 30.3 Å². The van der Waals surface area contributed by atoms with E-state index in [4.69, 9.17) is 10.5 Å². The molecule has 2 aromatic carbocycles. The van der Waals surface area contributed by atoms with Crippen molar-refractivity contribution < 1.29 is 4.74 Å². The second-order valence-corrected chi connectivity index (χ2v) is 4.87. The van der Waals surface area contributed by atoms with Gasteiger partial charge >= 0.3 is 0 Å². The molecule has 2 aromatic rings. The normalized spacial score (nSPS) is 14.5. The van der Waals surface area contributed by atoms with Gasteiger partial charge in [0, 0.05) is 17.9 Å². The van der Waals surface area contributed by atoms with Crippen LogP contribution in [0.25, 0.3) is 0 Å². The zero-order valence-electron chi connectivity index (χ0n) is 11.1. The number of ether oxygens (including phenoxy) is 1. The maximum absolute atomic E-state index is 5.84. The number of nitrogens with zero attached hydrogens (tertiary/aromatic N) is 1. The highest BCUT2D eigenvalue weighted by Crippen LogP contribution is 2.37. The second-order valence-electron chi connectivity index (χ2n) is 4.87. The Balaban J connectivity index is 2.09. The summed E-state index contributed by atoms with van der Waals surface area (Å²) in [4.78, 5) is 2.32. The molecular formula is C16H18N2O. The lowest BCUT2D eigenvalue weighted by Gasteiger charge is -2.25. The number of nitrogens with two attached hydrogens (primary N) is 1. The van der Waals surface area contributed by atoms with Crippen molar-refractivity contribution in [3.05, 3.63) is 48.0 Å². The van der Waals surface area contributed by atoms with Crippen LogP contribution in [-0.4, -0.2) is 13.2 Å². The Bertz CT molecular complexity index is 595. The van der Waals surface area contributed by atoms with Crippen LogP contribution in [0.15, 0.2) is 42.5 Å². The largest absolute Gasteiger partial charge is 0.491 e. The molecule has 0 saturated carbocycles. The Morgan fingerprint density at radius 1 is 1.11 bits per heavy atom. The summed E-state index contributed by atoms with van der Waals surface area (Å²) >= 11 is 0. The molecule has 0 amide bonds. The molecule has 0 radical (unpaired) electrons. The first-order valence-corrected chi connectivity index (χ1v) is 6.61. The number of para-hydroxylation sites is 2. The standard InChI is InChI=1S/C16H18N2O/c1-12-11-13(17)7-8-14(12)18-9-4-10-19-16-6-3-2-5-15(16)18/h2-3,5-8,11H,4,9-10,17H2,1H3. The molecule has 0 fully saturated rings. The van der Waals surface area contributed by atoms with Gasteiger partial charge in [-0.05, 0) is 49.2 Å². The van der Waals surface area contributed by atoms with E-state index in [0.29, 0.717) is 0 Å². The molecule has 0 bridgehead atoms. The Labute approximate surface area is 113 Å². The summed E-state index contributed by atoms with van der Waals surface area (Å²) in [6.07, 6.45) is 1.01. The van der Waals surface area contributed by atoms with Crippen molar-refractivity contribution in [3.63, 3.8) is 0 Å². The van der Waals surface area contributed by atoms with Crippen LogP contribution in [0.3, 0.4) is 0 Å². The van der Waals surface area contributed by atoms with E-state index in [0.717, 1.165) is 36.7 Å². The molecule has 2 N–H and O–H groups in total. The van der Waals surface area contributed by atoms with Gasteiger partial charge in [0.1, 0.15) is 5.75 Å². The number of hydrogen-bond acceptors (Lipinski definition) is 3. The Kier molecular flexibility index (Phi) is 3.03. The van der Waals surface area contributed by atoms with Crippen LogP contribution in [0.1, 0.15) is 12.0 Å². The van der Waals surface area contributed by atoms with Crippen LogP contribution in [0, 0.1) is 6.92 Å². The van der Waals surface area contributed by atoms with E-state index in [1.54, 1.807) is 0 Å². The molecule has 1 aliphatic heterocycles. The van der Waals surface area contributed by atoms with Crippen molar-refractivity contribution in [2.24, 2.45) is 0 Å². The van der Waals surface area contributed by atoms with Crippen molar-refractivity contribution in [1.82, 2.24) is 0 Å². The highest BCUT2D eigenvalue weighted by Gasteiger charge is 2.18. The summed E-state index contributed by atoms with van der Waals surface area (Å²) in [5.74, 6) is 0.955. The zero-order chi connectivity index (χ0) is 13.2. The summed E-state index contributed by atoms with van der Waals surface area (Å²) in [7, 11) is 0. The molecular weight excluding hydrogens is 236 g/mol. The van der Waals surface area contributed by atoms with Gasteiger partial charge in [0.2, 0.25) is 0 Å². The molecule has 0 spiro atoms. The topological polar surface area (TPSA) is 38.5 Å². The average molecular weight is 254 g/mol. The Morgan fingerprint density at radius 3 is 2.79 bits per heavy atom. The van der Waals surface area contributed by atoms with E-state index < -0.39 is 0 Å². The number of anilines is 3. The maximum atomic E-state index is 5.84. The quantitative estimate of drug-likeness (QED) is 0.792. The smallest absolute Gasteiger partial charge is 0.142 e. The molecule has 3 rings (SSSR count). The van der Waals surface area contributed by atoms with Gasteiger partial charge in [0.15, 0.2) is 0 Å². The molecule has 0 atom stereocenters. The molecule has 3 nitrogen and oxygen atoms in total. The first-order chi connectivity index (χ1) is 9.25. The first-order valence-electron chi connectivity index (χ1n) is 6.61. The fourth-order valence-electron chi connectivity index (χ4n) is 2.56. The van der Waals surface area contributed by atoms with Crippen molar-refractivity contribution in [2.75, 3.05) is 23.8 Å². The lowest BCUT2D eigenvalue weighted by molar-refractivity contribution is 0.322. The van der Waals surface area contributed by atoms with Crippen molar-refractivity contribution in [1.29, 1.82) is 0 Å². The number of fused-ring (bicyclic) bond motifs is 1. The van der Waals surface area contributed by atoms with Crippen molar-refractivity contribution in [3.8, 4) is 5.75 Å². The lowest BCUT2D eigenvalue weighted by Crippen LogP contribution is -2.18. The number of benzene rings is 2. The van der Waals surface area contributed by atoms with Gasteiger partial charge in [-0.2, -0.15) is 0 Å². The minimum atomic E-state index is 0.765. The van der Waals surface area contributed by atoms with Gasteiger partial charge in [-0.15, -0.1) is 0 Å². The van der Waals surface area contributed by atoms with Gasteiger partial charge in [-0.1, -0.05) is 12.1 Å². The zero-order valence-corrected chi connectivity index (χ0v) is 11.1. The van der Waals surface area contributed by atoms with E-state index in [-0.39, 0.29) is 0 Å². The van der Waals surface area contributed by atoms with E-state index >= 15 is 0 Å². The van der Waals surface area contributed by atoms with Gasteiger partial charge in [-0.25, -0.2) is 0 Å². The fourth-order valence-corrected chi connectivity index (χ4v) is 2.56. The minimum absolute atomic E-state index is 0.765. The SMILES string of the molecule is Cc1cc(N)ccc1N1CCCOc2ccccc21. The minimum Gasteiger partial charge on any atom is -0.491 e. The molecule has 0 saturated heterocycles. The number of rotatable bonds is 1. The van der Waals surface area contributed by atoms with Crippen molar-refractivity contribution in [2.45, 2.75) is 13.3 Å². The molecule has 1 aliphatic rings. The van der Waals surface area contributed by atoms with E-state index in [9.17, 15) is 0 Å². The van der Waals surface area contributed by atoms with Crippen LogP contribution in [0.5, 0.6) is 5.75 Å². The summed E-state index contributed by atoms with van der Waals surface area (Å²) in [6, 6.07) is 14.3. The predicted octanol–water partition coefficient (Wildman–Crippen LogP) is 3.50. The molecule has 98 valence electrons. The van der Waals surface area contributed by atoms with Gasteiger partial charge in [-0.3, -0.25) is 0 Å². The van der Waals surface area contributed by atoms with Crippen LogP contribution < -0.4 is 15.4 Å². The van der Waals surface area contributed by atoms with Crippen LogP contribution in [0.4, 0.5) is 17.1 Å². The van der Waals surface area contributed by atoms with Crippen LogP contribution in [-0.2, 0) is 0 Å². The van der Waals surface area contributed by atoms with Gasteiger partial charge in [0.05, 0.1) is 12.3 Å². The van der Waals surface area contributed by atoms with Gasteiger partial charge < -0.3 is 15.4 Å². The highest BCUT2D eigenvalue weighted by molar-refractivity contribution is 5.73. The third kappa shape index (κ3) is 2.24. The number of nitrogen functional groups attached to an aromatic ring is 1. The molecule has 0 unspecified atom stereocenters.